The minimum atomic E-state index is -3.59. The number of methoxy groups -OCH3 is 1. The van der Waals surface area contributed by atoms with Gasteiger partial charge in [0.1, 0.15) is 10.6 Å². The van der Waals surface area contributed by atoms with Gasteiger partial charge in [-0.05, 0) is 38.0 Å². The summed E-state index contributed by atoms with van der Waals surface area (Å²) >= 11 is 0. The fourth-order valence-electron chi connectivity index (χ4n) is 2.51. The number of rotatable bonds is 5. The second-order valence-corrected chi connectivity index (χ2v) is 6.88. The summed E-state index contributed by atoms with van der Waals surface area (Å²) < 4.78 is 37.6. The standard InChI is InChI=1S/C14H22N2O4S/c1-3-20-12-6-8-16(9-7-12)21(17,18)14-10-11(15)4-5-13(14)19-2/h4-5,10,12H,3,6-9,15H2,1-2H3. The van der Waals surface area contributed by atoms with Crippen LogP contribution in [-0.2, 0) is 14.8 Å². The van der Waals surface area contributed by atoms with Crippen LogP contribution in [0.2, 0.25) is 0 Å². The van der Waals surface area contributed by atoms with E-state index in [1.165, 1.54) is 17.5 Å². The molecule has 1 aliphatic heterocycles. The van der Waals surface area contributed by atoms with Crippen LogP contribution in [0.5, 0.6) is 5.75 Å². The van der Waals surface area contributed by atoms with E-state index in [0.717, 1.165) is 0 Å². The molecule has 2 rings (SSSR count). The van der Waals surface area contributed by atoms with Crippen LogP contribution in [0.3, 0.4) is 0 Å². The molecule has 1 aliphatic rings. The predicted molar refractivity (Wildman–Crippen MR) is 80.8 cm³/mol. The molecule has 0 bridgehead atoms. The molecule has 7 heteroatoms. The summed E-state index contributed by atoms with van der Waals surface area (Å²) in [5, 5.41) is 0. The number of piperidine rings is 1. The Bertz CT molecular complexity index is 581. The lowest BCUT2D eigenvalue weighted by atomic mass is 10.1. The number of nitrogens with two attached hydrogens (primary N) is 1. The Hall–Kier alpha value is -1.31. The average Bonchev–Trinajstić information content (AvgIpc) is 2.48. The van der Waals surface area contributed by atoms with E-state index in [-0.39, 0.29) is 11.0 Å². The molecule has 0 saturated carbocycles. The van der Waals surface area contributed by atoms with Crippen LogP contribution in [0.1, 0.15) is 19.8 Å². The third-order valence-electron chi connectivity index (χ3n) is 3.61. The zero-order chi connectivity index (χ0) is 15.5. The topological polar surface area (TPSA) is 81.9 Å². The maximum absolute atomic E-state index is 12.7. The predicted octanol–water partition coefficient (Wildman–Crippen LogP) is 1.47. The van der Waals surface area contributed by atoms with Crippen molar-refractivity contribution in [1.29, 1.82) is 0 Å². The largest absolute Gasteiger partial charge is 0.495 e. The molecule has 0 spiro atoms. The SMILES string of the molecule is CCOC1CCN(S(=O)(=O)c2cc(N)ccc2OC)CC1. The lowest BCUT2D eigenvalue weighted by molar-refractivity contribution is 0.0290. The molecule has 1 fully saturated rings. The smallest absolute Gasteiger partial charge is 0.246 e. The third-order valence-corrected chi connectivity index (χ3v) is 5.53. The first-order chi connectivity index (χ1) is 9.98. The lowest BCUT2D eigenvalue weighted by Gasteiger charge is -2.31. The first-order valence-electron chi connectivity index (χ1n) is 7.04. The normalized spacial score (nSPS) is 17.8. The van der Waals surface area contributed by atoms with E-state index in [9.17, 15) is 8.42 Å². The van der Waals surface area contributed by atoms with E-state index in [1.807, 2.05) is 6.92 Å². The molecule has 1 aromatic rings. The fraction of sp³-hybridized carbons (Fsp3) is 0.571. The quantitative estimate of drug-likeness (QED) is 0.832. The first-order valence-corrected chi connectivity index (χ1v) is 8.48. The van der Waals surface area contributed by atoms with Gasteiger partial charge in [0, 0.05) is 25.4 Å². The Morgan fingerprint density at radius 2 is 2.00 bits per heavy atom. The van der Waals surface area contributed by atoms with Gasteiger partial charge >= 0.3 is 0 Å². The summed E-state index contributed by atoms with van der Waals surface area (Å²) in [5.74, 6) is 0.316. The van der Waals surface area contributed by atoms with E-state index in [1.54, 1.807) is 12.1 Å². The maximum atomic E-state index is 12.7. The van der Waals surface area contributed by atoms with Crippen LogP contribution in [-0.4, -0.2) is 45.6 Å². The van der Waals surface area contributed by atoms with E-state index >= 15 is 0 Å². The van der Waals surface area contributed by atoms with E-state index in [0.29, 0.717) is 44.0 Å². The number of anilines is 1. The maximum Gasteiger partial charge on any atom is 0.246 e. The van der Waals surface area contributed by atoms with E-state index in [4.69, 9.17) is 15.2 Å². The Labute approximate surface area is 125 Å². The summed E-state index contributed by atoms with van der Waals surface area (Å²) in [7, 11) is -2.14. The van der Waals surface area contributed by atoms with Crippen molar-refractivity contribution in [2.24, 2.45) is 0 Å². The Kier molecular flexibility index (Phi) is 5.08. The van der Waals surface area contributed by atoms with Crippen LogP contribution in [0, 0.1) is 0 Å². The molecule has 0 aliphatic carbocycles. The Morgan fingerprint density at radius 3 is 2.57 bits per heavy atom. The number of ether oxygens (including phenoxy) is 2. The summed E-state index contributed by atoms with van der Waals surface area (Å²) in [6.07, 6.45) is 1.55. The van der Waals surface area contributed by atoms with Crippen LogP contribution >= 0.6 is 0 Å². The van der Waals surface area contributed by atoms with Gasteiger partial charge in [-0.1, -0.05) is 0 Å². The summed E-state index contributed by atoms with van der Waals surface area (Å²) in [6, 6.07) is 4.65. The zero-order valence-corrected chi connectivity index (χ0v) is 13.2. The fourth-order valence-corrected chi connectivity index (χ4v) is 4.17. The highest BCUT2D eigenvalue weighted by molar-refractivity contribution is 7.89. The molecule has 118 valence electrons. The zero-order valence-electron chi connectivity index (χ0n) is 12.4. The lowest BCUT2D eigenvalue weighted by Crippen LogP contribution is -2.40. The molecule has 6 nitrogen and oxygen atoms in total. The molecule has 1 saturated heterocycles. The highest BCUT2D eigenvalue weighted by Gasteiger charge is 2.31. The van der Waals surface area contributed by atoms with Gasteiger partial charge in [0.05, 0.1) is 13.2 Å². The van der Waals surface area contributed by atoms with Crippen LogP contribution in [0.4, 0.5) is 5.69 Å². The second kappa shape index (κ2) is 6.64. The number of benzene rings is 1. The van der Waals surface area contributed by atoms with Crippen molar-refractivity contribution in [3.05, 3.63) is 18.2 Å². The molecular formula is C14H22N2O4S. The van der Waals surface area contributed by atoms with Crippen molar-refractivity contribution in [1.82, 2.24) is 4.31 Å². The molecular weight excluding hydrogens is 292 g/mol. The van der Waals surface area contributed by atoms with Gasteiger partial charge in [-0.2, -0.15) is 4.31 Å². The summed E-state index contributed by atoms with van der Waals surface area (Å²) in [6.45, 7) is 3.50. The Balaban J connectivity index is 2.21. The molecule has 1 heterocycles. The molecule has 2 N–H and O–H groups in total. The molecule has 0 amide bonds. The molecule has 0 unspecified atom stereocenters. The molecule has 1 aromatic carbocycles. The van der Waals surface area contributed by atoms with Gasteiger partial charge in [-0.15, -0.1) is 0 Å². The van der Waals surface area contributed by atoms with E-state index < -0.39 is 10.0 Å². The minimum Gasteiger partial charge on any atom is -0.495 e. The number of nitrogen functional groups attached to an aromatic ring is 1. The average molecular weight is 314 g/mol. The van der Waals surface area contributed by atoms with Gasteiger partial charge < -0.3 is 15.2 Å². The molecule has 0 aromatic heterocycles. The van der Waals surface area contributed by atoms with Gasteiger partial charge in [0.15, 0.2) is 0 Å². The highest BCUT2D eigenvalue weighted by atomic mass is 32.2. The number of hydrogen-bond acceptors (Lipinski definition) is 5. The Morgan fingerprint density at radius 1 is 1.33 bits per heavy atom. The van der Waals surface area contributed by atoms with Gasteiger partial charge in [-0.25, -0.2) is 8.42 Å². The first kappa shape index (κ1) is 16.1. The summed E-state index contributed by atoms with van der Waals surface area (Å²) in [4.78, 5) is 0.125. The van der Waals surface area contributed by atoms with Crippen LogP contribution < -0.4 is 10.5 Å². The number of hydrogen-bond donors (Lipinski definition) is 1. The van der Waals surface area contributed by atoms with Crippen molar-refractivity contribution >= 4 is 15.7 Å². The third kappa shape index (κ3) is 3.48. The van der Waals surface area contributed by atoms with Crippen molar-refractivity contribution < 1.29 is 17.9 Å². The highest BCUT2D eigenvalue weighted by Crippen LogP contribution is 2.30. The monoisotopic (exact) mass is 314 g/mol. The number of nitrogens with zero attached hydrogens (tertiary/aromatic N) is 1. The van der Waals surface area contributed by atoms with Crippen LogP contribution in [0.25, 0.3) is 0 Å². The van der Waals surface area contributed by atoms with E-state index in [2.05, 4.69) is 0 Å². The van der Waals surface area contributed by atoms with Gasteiger partial charge in [0.2, 0.25) is 10.0 Å². The van der Waals surface area contributed by atoms with Crippen LogP contribution in [0.15, 0.2) is 23.1 Å². The van der Waals surface area contributed by atoms with Gasteiger partial charge in [0.25, 0.3) is 0 Å². The van der Waals surface area contributed by atoms with Gasteiger partial charge in [-0.3, -0.25) is 0 Å². The van der Waals surface area contributed by atoms with Crippen molar-refractivity contribution in [3.63, 3.8) is 0 Å². The molecule has 21 heavy (non-hydrogen) atoms. The number of sulfonamides is 1. The molecule has 0 radical (unpaired) electrons. The van der Waals surface area contributed by atoms with Crippen molar-refractivity contribution in [2.45, 2.75) is 30.8 Å². The molecule has 0 atom stereocenters. The van der Waals surface area contributed by atoms with Crippen molar-refractivity contribution in [3.8, 4) is 5.75 Å². The summed E-state index contributed by atoms with van der Waals surface area (Å²) in [5.41, 5.74) is 6.11. The van der Waals surface area contributed by atoms with Crippen molar-refractivity contribution in [2.75, 3.05) is 32.5 Å². The second-order valence-electron chi connectivity index (χ2n) is 4.97. The minimum absolute atomic E-state index is 0.125.